The Morgan fingerprint density at radius 1 is 0.821 bits per heavy atom. The Kier molecular flexibility index (Phi) is 9.90. The Hall–Kier alpha value is -6.26. The summed E-state index contributed by atoms with van der Waals surface area (Å²) in [6, 6.07) is 42.4. The lowest BCUT2D eigenvalue weighted by Crippen LogP contribution is -2.45. The summed E-state index contributed by atoms with van der Waals surface area (Å²) >= 11 is 6.87. The average molecular weight is 765 g/mol. The van der Waals surface area contributed by atoms with Crippen LogP contribution in [0.1, 0.15) is 50.3 Å². The van der Waals surface area contributed by atoms with Crippen molar-refractivity contribution >= 4 is 40.3 Å². The van der Waals surface area contributed by atoms with E-state index < -0.39 is 23.2 Å². The molecule has 0 unspecified atom stereocenters. The van der Waals surface area contributed by atoms with Gasteiger partial charge < -0.3 is 19.4 Å². The van der Waals surface area contributed by atoms with Gasteiger partial charge in [-0.25, -0.2) is 9.48 Å². The Bertz CT molecular complexity index is 2380. The zero-order valence-electron chi connectivity index (χ0n) is 31.4. The number of hydrogen-bond acceptors (Lipinski definition) is 7. The number of carbonyl (C=O) groups is 2. The molecule has 1 saturated heterocycles. The van der Waals surface area contributed by atoms with Gasteiger partial charge in [0.1, 0.15) is 11.1 Å². The van der Waals surface area contributed by atoms with E-state index in [1.54, 1.807) is 11.0 Å². The number of piperidine rings is 1. The maximum absolute atomic E-state index is 14.3. The Labute approximate surface area is 330 Å². The topological polar surface area (TPSA) is 115 Å². The first kappa shape index (κ1) is 36.7. The van der Waals surface area contributed by atoms with Crippen molar-refractivity contribution in [1.82, 2.24) is 24.9 Å². The molecule has 1 aliphatic rings. The third-order valence-electron chi connectivity index (χ3n) is 10.1. The van der Waals surface area contributed by atoms with Crippen molar-refractivity contribution in [2.75, 3.05) is 18.4 Å². The molecule has 1 aliphatic heterocycles. The van der Waals surface area contributed by atoms with Gasteiger partial charge in [0.2, 0.25) is 18.2 Å². The molecule has 1 N–H and O–H groups in total. The Balaban J connectivity index is 1.31. The van der Waals surface area contributed by atoms with Crippen LogP contribution in [0.25, 0.3) is 33.5 Å². The number of benzene rings is 5. The maximum atomic E-state index is 14.3. The Morgan fingerprint density at radius 3 is 2.04 bits per heavy atom. The summed E-state index contributed by atoms with van der Waals surface area (Å²) in [6.45, 7) is 6.28. The van der Waals surface area contributed by atoms with Gasteiger partial charge in [0.15, 0.2) is 5.82 Å². The molecule has 0 spiro atoms. The summed E-state index contributed by atoms with van der Waals surface area (Å²) in [6.07, 6.45) is 2.16. The van der Waals surface area contributed by atoms with Crippen LogP contribution in [0.4, 0.5) is 10.6 Å². The van der Waals surface area contributed by atoms with E-state index in [2.05, 4.69) is 51.9 Å². The van der Waals surface area contributed by atoms with E-state index in [9.17, 15) is 9.59 Å². The van der Waals surface area contributed by atoms with Crippen LogP contribution < -0.4 is 5.32 Å². The minimum absolute atomic E-state index is 0.226. The molecule has 1 fully saturated rings. The van der Waals surface area contributed by atoms with Crippen molar-refractivity contribution in [3.63, 3.8) is 0 Å². The zero-order valence-corrected chi connectivity index (χ0v) is 32.1. The molecule has 0 saturated carbocycles. The van der Waals surface area contributed by atoms with Gasteiger partial charge in [-0.3, -0.25) is 4.79 Å². The monoisotopic (exact) mass is 764 g/mol. The number of carbonyl (C=O) groups excluding carboxylic acids is 2. The van der Waals surface area contributed by atoms with Crippen LogP contribution in [-0.2, 0) is 15.1 Å². The number of likely N-dealkylation sites (tertiary alicyclic amines) is 1. The number of halogens is 1. The van der Waals surface area contributed by atoms with Crippen LogP contribution in [-0.4, -0.2) is 55.6 Å². The number of hydrogen-bond donors (Lipinski definition) is 1. The van der Waals surface area contributed by atoms with Crippen LogP contribution in [0.2, 0.25) is 5.02 Å². The number of fused-ring (bicyclic) bond motifs is 1. The number of nitrogens with one attached hydrogen (secondary N) is 1. The van der Waals surface area contributed by atoms with E-state index >= 15 is 0 Å². The largest absolute Gasteiger partial charge is 0.444 e. The smallest absolute Gasteiger partial charge is 0.410 e. The third-order valence-corrected chi connectivity index (χ3v) is 10.5. The predicted octanol–water partition coefficient (Wildman–Crippen LogP) is 9.83. The fourth-order valence-electron chi connectivity index (χ4n) is 7.62. The highest BCUT2D eigenvalue weighted by atomic mass is 35.5. The van der Waals surface area contributed by atoms with Crippen molar-refractivity contribution in [2.45, 2.75) is 44.8 Å². The molecular formula is C45H41ClN6O4. The van der Waals surface area contributed by atoms with E-state index in [1.807, 2.05) is 110 Å². The molecule has 11 heteroatoms. The standard InChI is InChI=1S/C45H41ClN6O4/c1-44(2,3)56-43(54)51-25-13-14-32(28-51)41(53)48-40-37-26-30(36-27-31(21-23-38(36)46)42-49-47-29-55-42)22-24-39(37)52(50-40)45(33-15-7-4-8-16-33,34-17-9-5-10-18-34)35-19-11-6-12-20-35/h4-12,15-24,26-27,29,32H,13-14,25,28H2,1-3H3,(H,48,50,53)/t32-/m1/s1. The van der Waals surface area contributed by atoms with Gasteiger partial charge in [0, 0.05) is 34.6 Å². The fourth-order valence-corrected chi connectivity index (χ4v) is 7.85. The first-order valence-electron chi connectivity index (χ1n) is 18.7. The van der Waals surface area contributed by atoms with Crippen LogP contribution in [0.5, 0.6) is 0 Å². The van der Waals surface area contributed by atoms with Gasteiger partial charge in [0.05, 0.1) is 11.4 Å². The van der Waals surface area contributed by atoms with Gasteiger partial charge >= 0.3 is 6.09 Å². The summed E-state index contributed by atoms with van der Waals surface area (Å²) in [5.74, 6) is 0.0623. The van der Waals surface area contributed by atoms with Crippen LogP contribution in [0.15, 0.2) is 138 Å². The highest BCUT2D eigenvalue weighted by Crippen LogP contribution is 2.44. The summed E-state index contributed by atoms with van der Waals surface area (Å²) < 4.78 is 13.2. The number of amides is 2. The molecule has 8 rings (SSSR count). The minimum Gasteiger partial charge on any atom is -0.444 e. The molecule has 7 aromatic rings. The molecule has 282 valence electrons. The molecule has 2 aromatic heterocycles. The molecule has 0 aliphatic carbocycles. The van der Waals surface area contributed by atoms with Crippen molar-refractivity contribution in [2.24, 2.45) is 5.92 Å². The molecule has 1 atom stereocenters. The molecule has 2 amide bonds. The number of nitrogens with zero attached hydrogens (tertiary/aromatic N) is 5. The number of anilines is 1. The highest BCUT2D eigenvalue weighted by Gasteiger charge is 2.41. The first-order valence-corrected chi connectivity index (χ1v) is 19.0. The fraction of sp³-hybridized carbons (Fsp3) is 0.222. The summed E-state index contributed by atoms with van der Waals surface area (Å²) in [4.78, 5) is 29.0. The second kappa shape index (κ2) is 15.1. The second-order valence-corrected chi connectivity index (χ2v) is 15.4. The number of ether oxygens (including phenoxy) is 1. The first-order chi connectivity index (χ1) is 27.1. The zero-order chi connectivity index (χ0) is 38.9. The highest BCUT2D eigenvalue weighted by molar-refractivity contribution is 6.33. The van der Waals surface area contributed by atoms with Crippen molar-refractivity contribution in [3.05, 3.63) is 156 Å². The third kappa shape index (κ3) is 7.04. The van der Waals surface area contributed by atoms with Gasteiger partial charge in [-0.05, 0) is 86.2 Å². The van der Waals surface area contributed by atoms with E-state index in [0.29, 0.717) is 47.1 Å². The van der Waals surface area contributed by atoms with Gasteiger partial charge in [0.25, 0.3) is 0 Å². The number of rotatable bonds is 8. The average Bonchev–Trinajstić information content (AvgIpc) is 3.88. The summed E-state index contributed by atoms with van der Waals surface area (Å²) in [5.41, 5.74) is 4.40. The van der Waals surface area contributed by atoms with E-state index in [-0.39, 0.29) is 12.5 Å². The normalized spacial score (nSPS) is 14.8. The molecule has 56 heavy (non-hydrogen) atoms. The van der Waals surface area contributed by atoms with E-state index in [1.165, 1.54) is 6.39 Å². The molecule has 3 heterocycles. The lowest BCUT2D eigenvalue weighted by atomic mass is 9.77. The lowest BCUT2D eigenvalue weighted by Gasteiger charge is -2.37. The molecule has 0 radical (unpaired) electrons. The summed E-state index contributed by atoms with van der Waals surface area (Å²) in [7, 11) is 0. The second-order valence-electron chi connectivity index (χ2n) is 15.0. The van der Waals surface area contributed by atoms with E-state index in [4.69, 9.17) is 25.9 Å². The van der Waals surface area contributed by atoms with Crippen LogP contribution >= 0.6 is 11.6 Å². The molecule has 5 aromatic carbocycles. The van der Waals surface area contributed by atoms with Crippen molar-refractivity contribution in [1.29, 1.82) is 0 Å². The van der Waals surface area contributed by atoms with Crippen molar-refractivity contribution in [3.8, 4) is 22.6 Å². The summed E-state index contributed by atoms with van der Waals surface area (Å²) in [5, 5.41) is 17.7. The molecule has 0 bridgehead atoms. The quantitative estimate of drug-likeness (QED) is 0.153. The molecular weight excluding hydrogens is 724 g/mol. The lowest BCUT2D eigenvalue weighted by molar-refractivity contribution is -0.121. The number of aromatic nitrogens is 4. The van der Waals surface area contributed by atoms with Gasteiger partial charge in [-0.1, -0.05) is 109 Å². The van der Waals surface area contributed by atoms with Crippen molar-refractivity contribution < 1.29 is 18.7 Å². The predicted molar refractivity (Wildman–Crippen MR) is 217 cm³/mol. The Morgan fingerprint density at radius 2 is 1.45 bits per heavy atom. The maximum Gasteiger partial charge on any atom is 0.410 e. The minimum atomic E-state index is -0.958. The van der Waals surface area contributed by atoms with Gasteiger partial charge in [-0.2, -0.15) is 5.10 Å². The van der Waals surface area contributed by atoms with Gasteiger partial charge in [-0.15, -0.1) is 10.2 Å². The van der Waals surface area contributed by atoms with E-state index in [0.717, 1.165) is 33.3 Å². The van der Waals surface area contributed by atoms with Crippen LogP contribution in [0.3, 0.4) is 0 Å². The molecule has 10 nitrogen and oxygen atoms in total. The SMILES string of the molecule is CC(C)(C)OC(=O)N1CCC[C@@H](C(=O)Nc2nn(C(c3ccccc3)(c3ccccc3)c3ccccc3)c3ccc(-c4cc(-c5nnco5)ccc4Cl)cc23)C1. The van der Waals surface area contributed by atoms with Crippen LogP contribution in [0, 0.1) is 5.92 Å².